The molecule has 1 aromatic heterocycles. The van der Waals surface area contributed by atoms with Gasteiger partial charge in [-0.25, -0.2) is 0 Å². The maximum absolute atomic E-state index is 12.6. The van der Waals surface area contributed by atoms with Gasteiger partial charge in [-0.3, -0.25) is 4.79 Å². The minimum Gasteiger partial charge on any atom is -0.464 e. The van der Waals surface area contributed by atoms with Gasteiger partial charge in [0, 0.05) is 5.02 Å². The molecule has 3 nitrogen and oxygen atoms in total. The zero-order chi connectivity index (χ0) is 15.0. The highest BCUT2D eigenvalue weighted by Crippen LogP contribution is 2.48. The summed E-state index contributed by atoms with van der Waals surface area (Å²) in [6.45, 7) is 3.84. The van der Waals surface area contributed by atoms with E-state index in [1.807, 2.05) is 50.2 Å². The lowest BCUT2D eigenvalue weighted by Crippen LogP contribution is -2.36. The van der Waals surface area contributed by atoms with E-state index in [1.54, 1.807) is 0 Å². The molecule has 3 rings (SSSR count). The van der Waals surface area contributed by atoms with Crippen LogP contribution in [0.5, 0.6) is 0 Å². The van der Waals surface area contributed by atoms with E-state index in [2.05, 4.69) is 5.32 Å². The van der Waals surface area contributed by atoms with Crippen molar-refractivity contribution < 1.29 is 9.21 Å². The molecule has 0 aliphatic heterocycles. The van der Waals surface area contributed by atoms with Gasteiger partial charge in [0.25, 0.3) is 0 Å². The second-order valence-electron chi connectivity index (χ2n) is 5.73. The molecule has 1 saturated carbocycles. The molecule has 1 fully saturated rings. The Bertz CT molecular complexity index is 656. The zero-order valence-corrected chi connectivity index (χ0v) is 12.9. The third kappa shape index (κ3) is 2.70. The van der Waals surface area contributed by atoms with E-state index in [0.717, 1.165) is 29.9 Å². The highest BCUT2D eigenvalue weighted by Gasteiger charge is 2.51. The van der Waals surface area contributed by atoms with Gasteiger partial charge >= 0.3 is 0 Å². The normalized spacial score (nSPS) is 17.3. The number of amides is 1. The van der Waals surface area contributed by atoms with E-state index in [0.29, 0.717) is 5.02 Å². The quantitative estimate of drug-likeness (QED) is 0.922. The van der Waals surface area contributed by atoms with Crippen LogP contribution in [0.2, 0.25) is 5.02 Å². The third-order valence-electron chi connectivity index (χ3n) is 4.12. The molecule has 0 bridgehead atoms. The number of nitrogens with one attached hydrogen (secondary N) is 1. The van der Waals surface area contributed by atoms with Gasteiger partial charge in [-0.15, -0.1) is 0 Å². The predicted octanol–water partition coefficient (Wildman–Crippen LogP) is 4.15. The first kappa shape index (κ1) is 14.2. The lowest BCUT2D eigenvalue weighted by atomic mass is 9.94. The Kier molecular flexibility index (Phi) is 3.54. The van der Waals surface area contributed by atoms with Crippen LogP contribution in [0.15, 0.2) is 40.8 Å². The van der Waals surface area contributed by atoms with E-state index in [9.17, 15) is 4.79 Å². The lowest BCUT2D eigenvalue weighted by Gasteiger charge is -2.19. The van der Waals surface area contributed by atoms with Gasteiger partial charge < -0.3 is 9.73 Å². The summed E-state index contributed by atoms with van der Waals surface area (Å²) in [5, 5.41) is 3.75. The van der Waals surface area contributed by atoms with Crippen molar-refractivity contribution in [2.45, 2.75) is 38.1 Å². The molecule has 1 aliphatic rings. The molecular weight excluding hydrogens is 286 g/mol. The Morgan fingerprint density at radius 3 is 2.43 bits per heavy atom. The smallest absolute Gasteiger partial charge is 0.231 e. The SMILES string of the molecule is Cc1ccc(C(C)NC(=O)C2(c3ccc(Cl)cc3)CC2)o1. The number of rotatable bonds is 4. The summed E-state index contributed by atoms with van der Waals surface area (Å²) < 4.78 is 5.57. The van der Waals surface area contributed by atoms with Crippen molar-refractivity contribution in [3.63, 3.8) is 0 Å². The monoisotopic (exact) mass is 303 g/mol. The van der Waals surface area contributed by atoms with Crippen molar-refractivity contribution in [1.82, 2.24) is 5.32 Å². The number of hydrogen-bond donors (Lipinski definition) is 1. The van der Waals surface area contributed by atoms with E-state index in [4.69, 9.17) is 16.0 Å². The standard InChI is InChI=1S/C17H18ClNO2/c1-11-3-8-15(21-11)12(2)19-16(20)17(9-10-17)13-4-6-14(18)7-5-13/h3-8,12H,9-10H2,1-2H3,(H,19,20). The summed E-state index contributed by atoms with van der Waals surface area (Å²) in [7, 11) is 0. The fourth-order valence-electron chi connectivity index (χ4n) is 2.63. The van der Waals surface area contributed by atoms with Crippen LogP contribution < -0.4 is 5.32 Å². The zero-order valence-electron chi connectivity index (χ0n) is 12.2. The van der Waals surface area contributed by atoms with Gasteiger partial charge in [0.2, 0.25) is 5.91 Å². The van der Waals surface area contributed by atoms with Crippen LogP contribution in [0.3, 0.4) is 0 Å². The lowest BCUT2D eigenvalue weighted by molar-refractivity contribution is -0.124. The number of aryl methyl sites for hydroxylation is 1. The molecule has 1 N–H and O–H groups in total. The molecule has 21 heavy (non-hydrogen) atoms. The number of carbonyl (C=O) groups excluding carboxylic acids is 1. The van der Waals surface area contributed by atoms with E-state index in [1.165, 1.54) is 0 Å². The van der Waals surface area contributed by atoms with Crippen LogP contribution >= 0.6 is 11.6 Å². The molecule has 110 valence electrons. The molecule has 4 heteroatoms. The Balaban J connectivity index is 1.74. The average molecular weight is 304 g/mol. The predicted molar refractivity (Wildman–Crippen MR) is 82.4 cm³/mol. The molecule has 0 saturated heterocycles. The number of furan rings is 1. The van der Waals surface area contributed by atoms with Gasteiger partial charge in [-0.2, -0.15) is 0 Å². The van der Waals surface area contributed by atoms with Crippen molar-refractivity contribution in [2.75, 3.05) is 0 Å². The van der Waals surface area contributed by atoms with Crippen molar-refractivity contribution in [3.05, 3.63) is 58.5 Å². The Hall–Kier alpha value is -1.74. The summed E-state index contributed by atoms with van der Waals surface area (Å²) >= 11 is 5.92. The van der Waals surface area contributed by atoms with E-state index in [-0.39, 0.29) is 17.4 Å². The molecule has 1 unspecified atom stereocenters. The van der Waals surface area contributed by atoms with Crippen molar-refractivity contribution in [2.24, 2.45) is 0 Å². The van der Waals surface area contributed by atoms with Crippen LogP contribution in [0.1, 0.15) is 42.9 Å². The molecule has 1 aromatic carbocycles. The van der Waals surface area contributed by atoms with Crippen molar-refractivity contribution in [3.8, 4) is 0 Å². The van der Waals surface area contributed by atoms with Crippen LogP contribution in [0.25, 0.3) is 0 Å². The van der Waals surface area contributed by atoms with E-state index >= 15 is 0 Å². The van der Waals surface area contributed by atoms with Crippen LogP contribution in [0.4, 0.5) is 0 Å². The highest BCUT2D eigenvalue weighted by atomic mass is 35.5. The van der Waals surface area contributed by atoms with E-state index < -0.39 is 0 Å². The first-order valence-corrected chi connectivity index (χ1v) is 7.52. The number of carbonyl (C=O) groups is 1. The third-order valence-corrected chi connectivity index (χ3v) is 4.37. The summed E-state index contributed by atoms with van der Waals surface area (Å²) in [4.78, 5) is 12.6. The van der Waals surface area contributed by atoms with Gasteiger partial charge in [-0.05, 0) is 56.5 Å². The fourth-order valence-corrected chi connectivity index (χ4v) is 2.76. The molecule has 0 spiro atoms. The fraction of sp³-hybridized carbons (Fsp3) is 0.353. The van der Waals surface area contributed by atoms with Gasteiger partial charge in [-0.1, -0.05) is 23.7 Å². The van der Waals surface area contributed by atoms with Gasteiger partial charge in [0.15, 0.2) is 0 Å². The van der Waals surface area contributed by atoms with Gasteiger partial charge in [0.05, 0.1) is 11.5 Å². The molecular formula is C17H18ClNO2. The van der Waals surface area contributed by atoms with Crippen LogP contribution in [0, 0.1) is 6.92 Å². The molecule has 1 aliphatic carbocycles. The summed E-state index contributed by atoms with van der Waals surface area (Å²) in [5.41, 5.74) is 0.646. The number of hydrogen-bond acceptors (Lipinski definition) is 2. The first-order valence-electron chi connectivity index (χ1n) is 7.15. The average Bonchev–Trinajstić information content (AvgIpc) is 3.16. The first-order chi connectivity index (χ1) is 10.0. The van der Waals surface area contributed by atoms with Crippen LogP contribution in [-0.4, -0.2) is 5.91 Å². The second-order valence-corrected chi connectivity index (χ2v) is 6.17. The maximum Gasteiger partial charge on any atom is 0.231 e. The molecule has 0 radical (unpaired) electrons. The largest absolute Gasteiger partial charge is 0.464 e. The summed E-state index contributed by atoms with van der Waals surface area (Å²) in [6, 6.07) is 11.2. The number of benzene rings is 1. The molecule has 1 atom stereocenters. The summed E-state index contributed by atoms with van der Waals surface area (Å²) in [5.74, 6) is 1.70. The molecule has 1 heterocycles. The Morgan fingerprint density at radius 2 is 1.90 bits per heavy atom. The Morgan fingerprint density at radius 1 is 1.24 bits per heavy atom. The van der Waals surface area contributed by atoms with Crippen LogP contribution in [-0.2, 0) is 10.2 Å². The maximum atomic E-state index is 12.6. The van der Waals surface area contributed by atoms with Crippen molar-refractivity contribution in [1.29, 1.82) is 0 Å². The minimum atomic E-state index is -0.388. The van der Waals surface area contributed by atoms with Crippen molar-refractivity contribution >= 4 is 17.5 Å². The minimum absolute atomic E-state index is 0.0615. The highest BCUT2D eigenvalue weighted by molar-refractivity contribution is 6.30. The number of halogens is 1. The summed E-state index contributed by atoms with van der Waals surface area (Å²) in [6.07, 6.45) is 1.76. The Labute approximate surface area is 129 Å². The molecule has 1 amide bonds. The van der Waals surface area contributed by atoms with Gasteiger partial charge in [0.1, 0.15) is 11.5 Å². The topological polar surface area (TPSA) is 42.2 Å². The second kappa shape index (κ2) is 5.23. The molecule has 2 aromatic rings.